The highest BCUT2D eigenvalue weighted by atomic mass is 16.5. The topological polar surface area (TPSA) is 63.2 Å². The van der Waals surface area contributed by atoms with Gasteiger partial charge in [0.1, 0.15) is 5.75 Å². The minimum atomic E-state index is 0.105. The van der Waals surface area contributed by atoms with Gasteiger partial charge in [-0.2, -0.15) is 10.1 Å². The zero-order chi connectivity index (χ0) is 16.9. The van der Waals surface area contributed by atoms with Crippen LogP contribution >= 0.6 is 0 Å². The van der Waals surface area contributed by atoms with Crippen LogP contribution < -0.4 is 15.0 Å². The maximum Gasteiger partial charge on any atom is 0.249 e. The zero-order valence-electron chi connectivity index (χ0n) is 14.6. The van der Waals surface area contributed by atoms with E-state index in [1.54, 1.807) is 6.20 Å². The Kier molecular flexibility index (Phi) is 5.13. The lowest BCUT2D eigenvalue weighted by Gasteiger charge is -2.30. The first-order valence-corrected chi connectivity index (χ1v) is 8.59. The molecule has 1 fully saturated rings. The fourth-order valence-corrected chi connectivity index (χ4v) is 2.78. The van der Waals surface area contributed by atoms with Crippen molar-refractivity contribution < 1.29 is 4.74 Å². The molecule has 0 saturated carbocycles. The molecule has 1 aromatic carbocycles. The second-order valence-electron chi connectivity index (χ2n) is 6.60. The predicted octanol–water partition coefficient (Wildman–Crippen LogP) is 3.64. The first-order valence-electron chi connectivity index (χ1n) is 8.59. The normalized spacial score (nSPS) is 15.6. The van der Waals surface area contributed by atoms with Crippen LogP contribution in [-0.4, -0.2) is 34.4 Å². The van der Waals surface area contributed by atoms with Crippen molar-refractivity contribution in [2.75, 3.05) is 23.3 Å². The Labute approximate surface area is 143 Å². The summed E-state index contributed by atoms with van der Waals surface area (Å²) in [5.74, 6) is 2.94. The Morgan fingerprint density at radius 2 is 1.96 bits per heavy atom. The number of nitrogens with one attached hydrogen (secondary N) is 1. The first-order chi connectivity index (χ1) is 11.6. The van der Waals surface area contributed by atoms with Gasteiger partial charge in [-0.15, -0.1) is 5.10 Å². The summed E-state index contributed by atoms with van der Waals surface area (Å²) in [6, 6.07) is 7.80. The van der Waals surface area contributed by atoms with E-state index in [9.17, 15) is 0 Å². The van der Waals surface area contributed by atoms with Gasteiger partial charge < -0.3 is 15.0 Å². The largest absolute Gasteiger partial charge is 0.489 e. The summed E-state index contributed by atoms with van der Waals surface area (Å²) >= 11 is 0. The molecule has 2 aromatic rings. The number of anilines is 3. The van der Waals surface area contributed by atoms with Gasteiger partial charge in [0.25, 0.3) is 0 Å². The van der Waals surface area contributed by atoms with Crippen molar-refractivity contribution in [3.63, 3.8) is 0 Å². The van der Waals surface area contributed by atoms with Crippen molar-refractivity contribution in [3.8, 4) is 5.75 Å². The summed E-state index contributed by atoms with van der Waals surface area (Å²) < 4.78 is 5.83. The summed E-state index contributed by atoms with van der Waals surface area (Å²) in [6.45, 7) is 8.35. The summed E-state index contributed by atoms with van der Waals surface area (Å²) in [7, 11) is 0. The summed E-state index contributed by atoms with van der Waals surface area (Å²) in [5.41, 5.74) is 0.845. The third-order valence-corrected chi connectivity index (χ3v) is 4.15. The van der Waals surface area contributed by atoms with E-state index in [1.807, 2.05) is 38.1 Å². The quantitative estimate of drug-likeness (QED) is 0.904. The van der Waals surface area contributed by atoms with Crippen LogP contribution in [0.25, 0.3) is 0 Å². The highest BCUT2D eigenvalue weighted by molar-refractivity contribution is 5.62. The molecule has 128 valence electrons. The lowest BCUT2D eigenvalue weighted by atomic mass is 9.99. The van der Waals surface area contributed by atoms with Gasteiger partial charge in [0, 0.05) is 13.1 Å². The Morgan fingerprint density at radius 3 is 2.71 bits per heavy atom. The van der Waals surface area contributed by atoms with Crippen LogP contribution in [0.15, 0.2) is 30.5 Å². The molecule has 0 atom stereocenters. The lowest BCUT2D eigenvalue weighted by Crippen LogP contribution is -2.33. The number of aromatic nitrogens is 3. The molecule has 24 heavy (non-hydrogen) atoms. The van der Waals surface area contributed by atoms with E-state index in [4.69, 9.17) is 4.74 Å². The molecule has 1 N–H and O–H groups in total. The van der Waals surface area contributed by atoms with Crippen molar-refractivity contribution >= 4 is 17.5 Å². The van der Waals surface area contributed by atoms with Gasteiger partial charge in [-0.25, -0.2) is 0 Å². The summed E-state index contributed by atoms with van der Waals surface area (Å²) in [6.07, 6.45) is 4.22. The molecule has 1 aromatic heterocycles. The Bertz CT molecular complexity index is 668. The van der Waals surface area contributed by atoms with Crippen molar-refractivity contribution in [1.82, 2.24) is 15.2 Å². The highest BCUT2D eigenvalue weighted by Gasteiger charge is 2.18. The zero-order valence-corrected chi connectivity index (χ0v) is 14.6. The molecule has 0 aliphatic carbocycles. The maximum absolute atomic E-state index is 5.83. The highest BCUT2D eigenvalue weighted by Crippen LogP contribution is 2.28. The van der Waals surface area contributed by atoms with Crippen LogP contribution in [0.5, 0.6) is 5.75 Å². The molecular weight excluding hydrogens is 302 g/mol. The Morgan fingerprint density at radius 1 is 1.21 bits per heavy atom. The van der Waals surface area contributed by atoms with Gasteiger partial charge in [-0.3, -0.25) is 0 Å². The average molecular weight is 327 g/mol. The van der Waals surface area contributed by atoms with E-state index in [0.717, 1.165) is 36.3 Å². The second kappa shape index (κ2) is 7.47. The van der Waals surface area contributed by atoms with Crippen LogP contribution in [-0.2, 0) is 0 Å². The fourth-order valence-electron chi connectivity index (χ4n) is 2.78. The van der Waals surface area contributed by atoms with E-state index in [-0.39, 0.29) is 6.10 Å². The van der Waals surface area contributed by atoms with Gasteiger partial charge in [-0.05, 0) is 44.7 Å². The Balaban J connectivity index is 1.75. The second-order valence-corrected chi connectivity index (χ2v) is 6.60. The van der Waals surface area contributed by atoms with Gasteiger partial charge in [0.2, 0.25) is 5.95 Å². The maximum atomic E-state index is 5.83. The van der Waals surface area contributed by atoms with Crippen LogP contribution in [0.3, 0.4) is 0 Å². The standard InChI is InChI=1S/C18H25N5O/c1-13(2)24-16-7-5-4-6-15(16)20-18-21-17(12-19-22-18)23-10-8-14(3)9-11-23/h4-7,12-14H,8-11H2,1-3H3,(H,20,21,22). The third-order valence-electron chi connectivity index (χ3n) is 4.15. The van der Waals surface area contributed by atoms with Gasteiger partial charge in [0.15, 0.2) is 5.82 Å². The minimum Gasteiger partial charge on any atom is -0.489 e. The molecule has 6 heteroatoms. The lowest BCUT2D eigenvalue weighted by molar-refractivity contribution is 0.244. The molecule has 0 bridgehead atoms. The van der Waals surface area contributed by atoms with Crippen molar-refractivity contribution in [2.24, 2.45) is 5.92 Å². The molecule has 1 aliphatic heterocycles. The van der Waals surface area contributed by atoms with Crippen LogP contribution in [0.1, 0.15) is 33.6 Å². The van der Waals surface area contributed by atoms with Crippen molar-refractivity contribution in [3.05, 3.63) is 30.5 Å². The van der Waals surface area contributed by atoms with Crippen LogP contribution in [0, 0.1) is 5.92 Å². The number of ether oxygens (including phenoxy) is 1. The van der Waals surface area contributed by atoms with Gasteiger partial charge >= 0.3 is 0 Å². The van der Waals surface area contributed by atoms with Gasteiger partial charge in [-0.1, -0.05) is 19.1 Å². The molecule has 1 aliphatic rings. The van der Waals surface area contributed by atoms with Gasteiger partial charge in [0.05, 0.1) is 18.0 Å². The van der Waals surface area contributed by atoms with Crippen molar-refractivity contribution in [2.45, 2.75) is 39.7 Å². The number of hydrogen-bond donors (Lipinski definition) is 1. The van der Waals surface area contributed by atoms with E-state index in [0.29, 0.717) is 5.95 Å². The van der Waals surface area contributed by atoms with E-state index in [1.165, 1.54) is 12.8 Å². The SMILES string of the molecule is CC1CCN(c2cnnc(Nc3ccccc3OC(C)C)n2)CC1. The number of para-hydroxylation sites is 2. The molecular formula is C18H25N5O. The fraction of sp³-hybridized carbons (Fsp3) is 0.500. The monoisotopic (exact) mass is 327 g/mol. The molecule has 6 nitrogen and oxygen atoms in total. The molecule has 3 rings (SSSR count). The average Bonchev–Trinajstić information content (AvgIpc) is 2.57. The summed E-state index contributed by atoms with van der Waals surface area (Å²) in [4.78, 5) is 6.90. The number of hydrogen-bond acceptors (Lipinski definition) is 6. The summed E-state index contributed by atoms with van der Waals surface area (Å²) in [5, 5.41) is 11.4. The molecule has 0 radical (unpaired) electrons. The van der Waals surface area contributed by atoms with Crippen LogP contribution in [0.4, 0.5) is 17.5 Å². The first kappa shape index (κ1) is 16.5. The minimum absolute atomic E-state index is 0.105. The Hall–Kier alpha value is -2.37. The third kappa shape index (κ3) is 4.13. The van der Waals surface area contributed by atoms with E-state index in [2.05, 4.69) is 32.3 Å². The molecule has 0 amide bonds. The van der Waals surface area contributed by atoms with E-state index >= 15 is 0 Å². The number of rotatable bonds is 5. The number of benzene rings is 1. The van der Waals surface area contributed by atoms with E-state index < -0.39 is 0 Å². The number of nitrogens with zero attached hydrogens (tertiary/aromatic N) is 4. The molecule has 0 spiro atoms. The molecule has 0 unspecified atom stereocenters. The predicted molar refractivity (Wildman–Crippen MR) is 95.9 cm³/mol. The smallest absolute Gasteiger partial charge is 0.249 e. The van der Waals surface area contributed by atoms with Crippen molar-refractivity contribution in [1.29, 1.82) is 0 Å². The number of piperidine rings is 1. The molecule has 2 heterocycles. The molecule has 1 saturated heterocycles. The van der Waals surface area contributed by atoms with Crippen LogP contribution in [0.2, 0.25) is 0 Å².